The van der Waals surface area contributed by atoms with Gasteiger partial charge < -0.3 is 4.98 Å². The summed E-state index contributed by atoms with van der Waals surface area (Å²) in [6.07, 6.45) is 0. The Morgan fingerprint density at radius 2 is 2.12 bits per heavy atom. The van der Waals surface area contributed by atoms with Gasteiger partial charge >= 0.3 is 0 Å². The first-order valence-electron chi connectivity index (χ1n) is 4.84. The van der Waals surface area contributed by atoms with Gasteiger partial charge in [-0.05, 0) is 34.7 Å². The number of aromatic amines is 1. The lowest BCUT2D eigenvalue weighted by Crippen LogP contribution is -1.87. The minimum Gasteiger partial charge on any atom is -0.357 e. The number of aryl methyl sites for hydroxylation is 1. The first-order chi connectivity index (χ1) is 7.56. The zero-order valence-electron chi connectivity index (χ0n) is 8.83. The molecule has 0 aliphatic rings. The van der Waals surface area contributed by atoms with Crippen LogP contribution in [0.25, 0.3) is 10.9 Å². The monoisotopic (exact) mass is 305 g/mol. The Balaban J connectivity index is 2.85. The largest absolute Gasteiger partial charge is 0.357 e. The molecule has 0 amide bonds. The fourth-order valence-corrected chi connectivity index (χ4v) is 3.08. The summed E-state index contributed by atoms with van der Waals surface area (Å²) < 4.78 is 27.6. The van der Waals surface area contributed by atoms with Crippen LogP contribution in [-0.2, 0) is 0 Å². The molecule has 86 valence electrons. The van der Waals surface area contributed by atoms with Crippen molar-refractivity contribution in [1.29, 1.82) is 0 Å². The molecule has 0 aliphatic heterocycles. The Hall–Kier alpha value is -0.550. The standard InChI is InChI=1S/C11H10BrF2NS/c1-3-16-11-5(2)15-10-6(12)4-7(13)9(14)8(10)11/h4,15H,3H2,1-2H3. The lowest BCUT2D eigenvalue weighted by molar-refractivity contribution is 0.515. The smallest absolute Gasteiger partial charge is 0.169 e. The lowest BCUT2D eigenvalue weighted by atomic mass is 10.2. The second-order valence-electron chi connectivity index (χ2n) is 3.42. The lowest BCUT2D eigenvalue weighted by Gasteiger charge is -2.01. The summed E-state index contributed by atoms with van der Waals surface area (Å²) in [6, 6.07) is 1.15. The summed E-state index contributed by atoms with van der Waals surface area (Å²) in [7, 11) is 0. The van der Waals surface area contributed by atoms with Crippen molar-refractivity contribution in [3.05, 3.63) is 27.9 Å². The summed E-state index contributed by atoms with van der Waals surface area (Å²) >= 11 is 4.74. The quantitative estimate of drug-likeness (QED) is 0.632. The van der Waals surface area contributed by atoms with Crippen LogP contribution in [0.4, 0.5) is 8.78 Å². The maximum absolute atomic E-state index is 13.7. The second kappa shape index (κ2) is 4.37. The van der Waals surface area contributed by atoms with Gasteiger partial charge in [-0.2, -0.15) is 0 Å². The van der Waals surface area contributed by atoms with Crippen LogP contribution in [0, 0.1) is 18.6 Å². The number of rotatable bonds is 2. The van der Waals surface area contributed by atoms with E-state index < -0.39 is 11.6 Å². The number of hydrogen-bond donors (Lipinski definition) is 1. The summed E-state index contributed by atoms with van der Waals surface area (Å²) in [5.41, 5.74) is 1.49. The van der Waals surface area contributed by atoms with Crippen LogP contribution in [0.15, 0.2) is 15.4 Å². The van der Waals surface area contributed by atoms with Gasteiger partial charge in [-0.1, -0.05) is 6.92 Å². The average molecular weight is 306 g/mol. The van der Waals surface area contributed by atoms with Gasteiger partial charge in [0.1, 0.15) is 0 Å². The maximum Gasteiger partial charge on any atom is 0.169 e. The predicted molar refractivity (Wildman–Crippen MR) is 67.0 cm³/mol. The van der Waals surface area contributed by atoms with E-state index in [4.69, 9.17) is 0 Å². The molecule has 1 nitrogen and oxygen atoms in total. The van der Waals surface area contributed by atoms with Gasteiger partial charge in [-0.25, -0.2) is 8.78 Å². The first-order valence-corrected chi connectivity index (χ1v) is 6.62. The Labute approximate surface area is 105 Å². The van der Waals surface area contributed by atoms with Crippen molar-refractivity contribution in [2.45, 2.75) is 18.7 Å². The molecular formula is C11H10BrF2NS. The molecule has 1 aromatic carbocycles. The van der Waals surface area contributed by atoms with E-state index >= 15 is 0 Å². The van der Waals surface area contributed by atoms with E-state index in [2.05, 4.69) is 20.9 Å². The molecule has 2 aromatic rings. The van der Waals surface area contributed by atoms with Gasteiger partial charge in [0.05, 0.1) is 10.9 Å². The van der Waals surface area contributed by atoms with Crippen LogP contribution in [-0.4, -0.2) is 10.7 Å². The third-order valence-corrected chi connectivity index (χ3v) is 4.05. The molecule has 2 rings (SSSR count). The zero-order valence-corrected chi connectivity index (χ0v) is 11.2. The topological polar surface area (TPSA) is 15.8 Å². The van der Waals surface area contributed by atoms with E-state index in [-0.39, 0.29) is 0 Å². The molecule has 1 aromatic heterocycles. The molecule has 0 bridgehead atoms. The molecule has 0 atom stereocenters. The number of nitrogens with one attached hydrogen (secondary N) is 1. The highest BCUT2D eigenvalue weighted by molar-refractivity contribution is 9.10. The summed E-state index contributed by atoms with van der Waals surface area (Å²) in [5, 5.41) is 0.344. The van der Waals surface area contributed by atoms with Crippen molar-refractivity contribution in [2.24, 2.45) is 0 Å². The molecule has 16 heavy (non-hydrogen) atoms. The van der Waals surface area contributed by atoms with E-state index in [9.17, 15) is 8.78 Å². The van der Waals surface area contributed by atoms with E-state index in [1.54, 1.807) is 0 Å². The molecule has 0 spiro atoms. The van der Waals surface area contributed by atoms with Crippen molar-refractivity contribution in [3.63, 3.8) is 0 Å². The van der Waals surface area contributed by atoms with Crippen LogP contribution in [0.2, 0.25) is 0 Å². The molecule has 0 radical (unpaired) electrons. The van der Waals surface area contributed by atoms with Crippen LogP contribution < -0.4 is 0 Å². The van der Waals surface area contributed by atoms with Gasteiger partial charge in [0.15, 0.2) is 11.6 Å². The van der Waals surface area contributed by atoms with Gasteiger partial charge in [0, 0.05) is 15.1 Å². The van der Waals surface area contributed by atoms with Gasteiger partial charge in [0.2, 0.25) is 0 Å². The normalized spacial score (nSPS) is 11.3. The van der Waals surface area contributed by atoms with Gasteiger partial charge in [-0.3, -0.25) is 0 Å². The minimum atomic E-state index is -0.823. The average Bonchev–Trinajstić information content (AvgIpc) is 2.55. The minimum absolute atomic E-state index is 0.344. The maximum atomic E-state index is 13.7. The van der Waals surface area contributed by atoms with Crippen molar-refractivity contribution >= 4 is 38.6 Å². The Bertz CT molecular complexity index is 551. The predicted octanol–water partition coefficient (Wildman–Crippen LogP) is 4.63. The molecule has 0 saturated heterocycles. The number of hydrogen-bond acceptors (Lipinski definition) is 1. The molecule has 0 fully saturated rings. The number of benzene rings is 1. The van der Waals surface area contributed by atoms with Gasteiger partial charge in [0.25, 0.3) is 0 Å². The van der Waals surface area contributed by atoms with Crippen LogP contribution >= 0.6 is 27.7 Å². The van der Waals surface area contributed by atoms with Crippen molar-refractivity contribution in [3.8, 4) is 0 Å². The SMILES string of the molecule is CCSc1c(C)[nH]c2c(Br)cc(F)c(F)c12. The molecule has 0 saturated carbocycles. The third-order valence-electron chi connectivity index (χ3n) is 2.34. The molecular weight excluding hydrogens is 296 g/mol. The highest BCUT2D eigenvalue weighted by Gasteiger charge is 2.18. The Kier molecular flexibility index (Phi) is 3.26. The highest BCUT2D eigenvalue weighted by atomic mass is 79.9. The van der Waals surface area contributed by atoms with E-state index in [0.29, 0.717) is 15.4 Å². The van der Waals surface area contributed by atoms with Crippen LogP contribution in [0.1, 0.15) is 12.6 Å². The van der Waals surface area contributed by atoms with E-state index in [1.165, 1.54) is 11.8 Å². The Morgan fingerprint density at radius 1 is 1.44 bits per heavy atom. The molecule has 0 aliphatic carbocycles. The molecule has 0 unspecified atom stereocenters. The van der Waals surface area contributed by atoms with Crippen molar-refractivity contribution in [2.75, 3.05) is 5.75 Å². The van der Waals surface area contributed by atoms with E-state index in [1.807, 2.05) is 13.8 Å². The molecule has 1 heterocycles. The number of fused-ring (bicyclic) bond motifs is 1. The molecule has 1 N–H and O–H groups in total. The fourth-order valence-electron chi connectivity index (χ4n) is 1.69. The van der Waals surface area contributed by atoms with E-state index in [0.717, 1.165) is 22.4 Å². The number of thioether (sulfide) groups is 1. The number of aromatic nitrogens is 1. The summed E-state index contributed by atoms with van der Waals surface area (Å²) in [5.74, 6) is -0.781. The van der Waals surface area contributed by atoms with Gasteiger partial charge in [-0.15, -0.1) is 11.8 Å². The Morgan fingerprint density at radius 3 is 2.75 bits per heavy atom. The van der Waals surface area contributed by atoms with Crippen LogP contribution in [0.5, 0.6) is 0 Å². The number of halogens is 3. The fraction of sp³-hybridized carbons (Fsp3) is 0.273. The van der Waals surface area contributed by atoms with Crippen molar-refractivity contribution < 1.29 is 8.78 Å². The second-order valence-corrected chi connectivity index (χ2v) is 5.54. The molecule has 5 heteroatoms. The number of H-pyrrole nitrogens is 1. The summed E-state index contributed by atoms with van der Waals surface area (Å²) in [6.45, 7) is 3.84. The van der Waals surface area contributed by atoms with Crippen molar-refractivity contribution in [1.82, 2.24) is 4.98 Å². The zero-order chi connectivity index (χ0) is 11.9. The third kappa shape index (κ3) is 1.76. The summed E-state index contributed by atoms with van der Waals surface area (Å²) in [4.78, 5) is 3.86. The van der Waals surface area contributed by atoms with Crippen LogP contribution in [0.3, 0.4) is 0 Å². The highest BCUT2D eigenvalue weighted by Crippen LogP contribution is 2.37. The first kappa shape index (κ1) is 11.9.